The van der Waals surface area contributed by atoms with Gasteiger partial charge in [0.15, 0.2) is 17.4 Å². The number of pyridine rings is 1. The van der Waals surface area contributed by atoms with E-state index in [1.165, 1.54) is 30.9 Å². The molecule has 0 spiro atoms. The maximum Gasteiger partial charge on any atom is 0.322 e. The lowest BCUT2D eigenvalue weighted by Gasteiger charge is -2.17. The Bertz CT molecular complexity index is 1760. The van der Waals surface area contributed by atoms with Crippen molar-refractivity contribution in [3.8, 4) is 46.5 Å². The van der Waals surface area contributed by atoms with Crippen LogP contribution in [-0.4, -0.2) is 29.5 Å². The summed E-state index contributed by atoms with van der Waals surface area (Å²) in [5.74, 6) is 1.15. The summed E-state index contributed by atoms with van der Waals surface area (Å²) >= 11 is 0. The molecular weight excluding hydrogens is 488 g/mol. The molecular formula is C28H23F2N7O. The lowest BCUT2D eigenvalue weighted by atomic mass is 9.96. The highest BCUT2D eigenvalue weighted by Crippen LogP contribution is 2.45. The summed E-state index contributed by atoms with van der Waals surface area (Å²) in [4.78, 5) is 21.0. The predicted molar refractivity (Wildman–Crippen MR) is 140 cm³/mol. The fraction of sp³-hybridized carbons (Fsp3) is 0.179. The molecule has 8 nitrogen and oxygen atoms in total. The van der Waals surface area contributed by atoms with Gasteiger partial charge in [-0.1, -0.05) is 6.07 Å². The minimum absolute atomic E-state index is 0.0252. The number of aromatic nitrogens is 6. The second kappa shape index (κ2) is 9.52. The van der Waals surface area contributed by atoms with Crippen molar-refractivity contribution in [3.05, 3.63) is 71.6 Å². The van der Waals surface area contributed by atoms with Gasteiger partial charge < -0.3 is 15.0 Å². The second-order valence-corrected chi connectivity index (χ2v) is 8.98. The average molecular weight is 512 g/mol. The highest BCUT2D eigenvalue weighted by atomic mass is 19.1. The van der Waals surface area contributed by atoms with E-state index in [1.54, 1.807) is 26.0 Å². The van der Waals surface area contributed by atoms with Crippen LogP contribution in [0.5, 0.6) is 11.8 Å². The maximum absolute atomic E-state index is 15.4. The van der Waals surface area contributed by atoms with Crippen LogP contribution in [0.1, 0.15) is 36.8 Å². The Morgan fingerprint density at radius 1 is 1.08 bits per heavy atom. The number of nitrogens with zero attached hydrogens (tertiary/aromatic N) is 6. The van der Waals surface area contributed by atoms with E-state index in [9.17, 15) is 0 Å². The first-order chi connectivity index (χ1) is 18.2. The lowest BCUT2D eigenvalue weighted by molar-refractivity contribution is 0.410. The molecule has 0 aliphatic carbocycles. The normalized spacial score (nSPS) is 11.2. The molecule has 1 aromatic carbocycles. The number of rotatable bonds is 5. The molecule has 0 atom stereocenters. The third-order valence-electron chi connectivity index (χ3n) is 6.18. The molecule has 0 fully saturated rings. The lowest BCUT2D eigenvalue weighted by Crippen LogP contribution is -2.06. The molecule has 0 saturated heterocycles. The third-order valence-corrected chi connectivity index (χ3v) is 6.18. The van der Waals surface area contributed by atoms with Crippen molar-refractivity contribution in [1.82, 2.24) is 29.5 Å². The van der Waals surface area contributed by atoms with Crippen LogP contribution in [0.4, 0.5) is 14.6 Å². The van der Waals surface area contributed by atoms with Crippen molar-refractivity contribution in [2.75, 3.05) is 5.73 Å². The van der Waals surface area contributed by atoms with Crippen LogP contribution < -0.4 is 10.5 Å². The number of halogens is 2. The number of nitrogens with two attached hydrogens (primary N) is 1. The molecule has 4 heterocycles. The third kappa shape index (κ3) is 4.08. The number of fused-ring (bicyclic) bond motifs is 1. The van der Waals surface area contributed by atoms with Gasteiger partial charge in [0.2, 0.25) is 0 Å². The summed E-state index contributed by atoms with van der Waals surface area (Å²) in [6, 6.07) is 6.08. The van der Waals surface area contributed by atoms with Crippen LogP contribution in [-0.2, 0) is 0 Å². The van der Waals surface area contributed by atoms with Gasteiger partial charge >= 0.3 is 6.01 Å². The maximum atomic E-state index is 15.4. The zero-order valence-electron chi connectivity index (χ0n) is 21.1. The summed E-state index contributed by atoms with van der Waals surface area (Å²) < 4.78 is 38.1. The molecule has 0 bridgehead atoms. The van der Waals surface area contributed by atoms with Gasteiger partial charge in [0.1, 0.15) is 23.5 Å². The Hall–Kier alpha value is -4.91. The van der Waals surface area contributed by atoms with Crippen molar-refractivity contribution in [3.63, 3.8) is 0 Å². The number of anilines is 1. The summed E-state index contributed by atoms with van der Waals surface area (Å²) in [5.41, 5.74) is 9.76. The quantitative estimate of drug-likeness (QED) is 0.298. The number of hydrogen-bond acceptors (Lipinski definition) is 7. The molecule has 2 N–H and O–H groups in total. The molecule has 38 heavy (non-hydrogen) atoms. The number of aryl methyl sites for hydroxylation is 1. The largest absolute Gasteiger partial charge is 0.421 e. The van der Waals surface area contributed by atoms with Crippen LogP contribution >= 0.6 is 0 Å². The zero-order chi connectivity index (χ0) is 27.1. The smallest absolute Gasteiger partial charge is 0.322 e. The number of ether oxygens (including phenoxy) is 1. The summed E-state index contributed by atoms with van der Waals surface area (Å²) in [6.45, 7) is 7.31. The van der Waals surface area contributed by atoms with Gasteiger partial charge in [0.25, 0.3) is 0 Å². The second-order valence-electron chi connectivity index (χ2n) is 8.98. The molecule has 10 heteroatoms. The van der Waals surface area contributed by atoms with Crippen LogP contribution in [0.2, 0.25) is 0 Å². The predicted octanol–water partition coefficient (Wildman–Crippen LogP) is 5.78. The fourth-order valence-electron chi connectivity index (χ4n) is 4.44. The summed E-state index contributed by atoms with van der Waals surface area (Å²) in [5, 5.41) is 0.507. The van der Waals surface area contributed by atoms with Crippen LogP contribution in [0, 0.1) is 37.8 Å². The van der Waals surface area contributed by atoms with Crippen molar-refractivity contribution in [2.24, 2.45) is 0 Å². The van der Waals surface area contributed by atoms with Gasteiger partial charge in [-0.2, -0.15) is 0 Å². The van der Waals surface area contributed by atoms with Crippen molar-refractivity contribution in [2.45, 2.75) is 33.7 Å². The van der Waals surface area contributed by atoms with Gasteiger partial charge in [-0.25, -0.2) is 33.7 Å². The zero-order valence-corrected chi connectivity index (χ0v) is 21.1. The Balaban J connectivity index is 1.79. The van der Waals surface area contributed by atoms with Crippen molar-refractivity contribution < 1.29 is 13.5 Å². The molecule has 0 aliphatic heterocycles. The van der Waals surface area contributed by atoms with Gasteiger partial charge in [-0.15, -0.1) is 6.42 Å². The van der Waals surface area contributed by atoms with Crippen LogP contribution in [0.3, 0.4) is 0 Å². The minimum atomic E-state index is -0.650. The van der Waals surface area contributed by atoms with E-state index in [0.29, 0.717) is 44.7 Å². The highest BCUT2D eigenvalue weighted by molar-refractivity contribution is 6.08. The number of terminal acetylenes is 1. The molecule has 0 saturated carbocycles. The topological polar surface area (TPSA) is 105 Å². The standard InChI is InChI=1S/C28H23F2N7O/c1-6-20-24(30)16(5)18(12-33-20)25-22(23-26(31)34-13-35-27(23)37(25)14(2)3)17-7-8-21(19(29)11-17)38-28-32-10-9-15(4)36-28/h1,7-14H,2-5H3,(H2,31,34,35). The molecule has 0 unspecified atom stereocenters. The van der Waals surface area contributed by atoms with E-state index in [0.717, 1.165) is 0 Å². The molecule has 190 valence electrons. The number of benzene rings is 1. The van der Waals surface area contributed by atoms with Crippen LogP contribution in [0.25, 0.3) is 33.4 Å². The Labute approximate surface area is 217 Å². The highest BCUT2D eigenvalue weighted by Gasteiger charge is 2.27. The van der Waals surface area contributed by atoms with Crippen molar-refractivity contribution in [1.29, 1.82) is 0 Å². The van der Waals surface area contributed by atoms with E-state index in [2.05, 4.69) is 30.8 Å². The van der Waals surface area contributed by atoms with Gasteiger partial charge in [-0.05, 0) is 62.9 Å². The minimum Gasteiger partial charge on any atom is -0.421 e. The van der Waals surface area contributed by atoms with E-state index in [-0.39, 0.29) is 29.3 Å². The van der Waals surface area contributed by atoms with E-state index in [1.807, 2.05) is 18.4 Å². The Kier molecular flexibility index (Phi) is 6.20. The molecule has 4 aromatic heterocycles. The van der Waals surface area contributed by atoms with Crippen molar-refractivity contribution >= 4 is 16.9 Å². The van der Waals surface area contributed by atoms with Gasteiger partial charge in [0, 0.05) is 35.3 Å². The van der Waals surface area contributed by atoms with E-state index >= 15 is 8.78 Å². The summed E-state index contributed by atoms with van der Waals surface area (Å²) in [7, 11) is 0. The molecule has 0 amide bonds. The van der Waals surface area contributed by atoms with E-state index < -0.39 is 11.6 Å². The Morgan fingerprint density at radius 3 is 2.55 bits per heavy atom. The first-order valence-electron chi connectivity index (χ1n) is 11.7. The molecule has 5 rings (SSSR count). The fourth-order valence-corrected chi connectivity index (χ4v) is 4.44. The number of nitrogen functional groups attached to an aromatic ring is 1. The molecule has 0 radical (unpaired) electrons. The van der Waals surface area contributed by atoms with Gasteiger partial charge in [-0.3, -0.25) is 0 Å². The molecule has 0 aliphatic rings. The first-order valence-corrected chi connectivity index (χ1v) is 11.7. The SMILES string of the molecule is C#Cc1ncc(-c2c(-c3ccc(Oc4nccc(C)n4)c(F)c3)c3c(N)ncnc3n2C(C)C)c(C)c1F. The van der Waals surface area contributed by atoms with E-state index in [4.69, 9.17) is 16.9 Å². The average Bonchev–Trinajstić information content (AvgIpc) is 3.23. The first kappa shape index (κ1) is 24.8. The number of hydrogen-bond donors (Lipinski definition) is 1. The molecule has 5 aromatic rings. The monoisotopic (exact) mass is 511 g/mol. The summed E-state index contributed by atoms with van der Waals surface area (Å²) in [6.07, 6.45) is 9.82. The van der Waals surface area contributed by atoms with Crippen LogP contribution in [0.15, 0.2) is 43.0 Å². The van der Waals surface area contributed by atoms with Gasteiger partial charge in [0.05, 0.1) is 11.1 Å². The Morgan fingerprint density at radius 2 is 1.87 bits per heavy atom.